The fourth-order valence-electron chi connectivity index (χ4n) is 1.35. The van der Waals surface area contributed by atoms with Crippen LogP contribution >= 0.6 is 0 Å². The Balaban J connectivity index is 2.34. The SMILES string of the molecule is COCCOc1ncc([N+](=O)[O-])cc1-n1nccn1. The van der Waals surface area contributed by atoms with Gasteiger partial charge in [0.2, 0.25) is 5.88 Å². The normalized spacial score (nSPS) is 10.4. The maximum absolute atomic E-state index is 10.7. The second kappa shape index (κ2) is 5.87. The second-order valence-corrected chi connectivity index (χ2v) is 3.43. The molecule has 9 nitrogen and oxygen atoms in total. The highest BCUT2D eigenvalue weighted by molar-refractivity contribution is 5.47. The van der Waals surface area contributed by atoms with Gasteiger partial charge in [-0.2, -0.15) is 10.2 Å². The van der Waals surface area contributed by atoms with E-state index in [1.807, 2.05) is 0 Å². The topological polar surface area (TPSA) is 105 Å². The van der Waals surface area contributed by atoms with E-state index >= 15 is 0 Å². The predicted molar refractivity (Wildman–Crippen MR) is 63.2 cm³/mol. The van der Waals surface area contributed by atoms with Crippen LogP contribution in [0.15, 0.2) is 24.7 Å². The smallest absolute Gasteiger partial charge is 0.290 e. The lowest BCUT2D eigenvalue weighted by Crippen LogP contribution is -2.10. The van der Waals surface area contributed by atoms with Crippen LogP contribution in [0.25, 0.3) is 5.69 Å². The average molecular weight is 265 g/mol. The molecule has 0 fully saturated rings. The van der Waals surface area contributed by atoms with Gasteiger partial charge in [-0.15, -0.1) is 4.80 Å². The Morgan fingerprint density at radius 1 is 1.37 bits per heavy atom. The van der Waals surface area contributed by atoms with Crippen LogP contribution in [0.4, 0.5) is 5.69 Å². The second-order valence-electron chi connectivity index (χ2n) is 3.43. The summed E-state index contributed by atoms with van der Waals surface area (Å²) >= 11 is 0. The molecule has 0 saturated heterocycles. The lowest BCUT2D eigenvalue weighted by Gasteiger charge is -2.08. The fraction of sp³-hybridized carbons (Fsp3) is 0.300. The molecule has 0 saturated carbocycles. The molecular formula is C10H11N5O4. The Bertz CT molecular complexity index is 557. The molecule has 0 unspecified atom stereocenters. The van der Waals surface area contributed by atoms with Gasteiger partial charge in [-0.05, 0) is 0 Å². The summed E-state index contributed by atoms with van der Waals surface area (Å²) in [5, 5.41) is 18.6. The number of nitrogens with zero attached hydrogens (tertiary/aromatic N) is 5. The van der Waals surface area contributed by atoms with Crippen LogP contribution in [0.1, 0.15) is 0 Å². The third-order valence-corrected chi connectivity index (χ3v) is 2.19. The molecule has 2 aromatic heterocycles. The first-order chi connectivity index (χ1) is 9.22. The van der Waals surface area contributed by atoms with Crippen LogP contribution in [0.3, 0.4) is 0 Å². The number of pyridine rings is 1. The minimum atomic E-state index is -0.543. The lowest BCUT2D eigenvalue weighted by molar-refractivity contribution is -0.385. The Hall–Kier alpha value is -2.55. The van der Waals surface area contributed by atoms with E-state index in [2.05, 4.69) is 15.2 Å². The van der Waals surface area contributed by atoms with E-state index in [0.29, 0.717) is 12.3 Å². The van der Waals surface area contributed by atoms with Gasteiger partial charge in [0.15, 0.2) is 5.69 Å². The minimum Gasteiger partial charge on any atom is -0.474 e. The summed E-state index contributed by atoms with van der Waals surface area (Å²) in [7, 11) is 1.54. The molecule has 2 heterocycles. The summed E-state index contributed by atoms with van der Waals surface area (Å²) < 4.78 is 10.2. The van der Waals surface area contributed by atoms with Gasteiger partial charge in [0, 0.05) is 7.11 Å². The van der Waals surface area contributed by atoms with Crippen molar-refractivity contribution in [3.05, 3.63) is 34.8 Å². The quantitative estimate of drug-likeness (QED) is 0.427. The fourth-order valence-corrected chi connectivity index (χ4v) is 1.35. The van der Waals surface area contributed by atoms with E-state index in [-0.39, 0.29) is 18.2 Å². The molecule has 2 rings (SSSR count). The molecule has 0 aliphatic rings. The van der Waals surface area contributed by atoms with Gasteiger partial charge in [0.1, 0.15) is 12.8 Å². The van der Waals surface area contributed by atoms with E-state index in [9.17, 15) is 10.1 Å². The van der Waals surface area contributed by atoms with Crippen molar-refractivity contribution >= 4 is 5.69 Å². The highest BCUT2D eigenvalue weighted by Gasteiger charge is 2.16. The van der Waals surface area contributed by atoms with Crippen molar-refractivity contribution in [3.8, 4) is 11.6 Å². The maximum atomic E-state index is 10.7. The molecule has 0 radical (unpaired) electrons. The molecular weight excluding hydrogens is 254 g/mol. The van der Waals surface area contributed by atoms with Gasteiger partial charge in [0.25, 0.3) is 5.69 Å². The summed E-state index contributed by atoms with van der Waals surface area (Å²) in [5.74, 6) is 0.207. The third-order valence-electron chi connectivity index (χ3n) is 2.19. The summed E-state index contributed by atoms with van der Waals surface area (Å²) in [6, 6.07) is 1.30. The summed E-state index contributed by atoms with van der Waals surface area (Å²) in [6.07, 6.45) is 4.03. The first kappa shape index (κ1) is 12.9. The van der Waals surface area contributed by atoms with Crippen LogP contribution in [-0.4, -0.2) is 45.2 Å². The predicted octanol–water partition coefficient (Wildman–Crippen LogP) is 0.596. The first-order valence-electron chi connectivity index (χ1n) is 5.35. The molecule has 0 aliphatic carbocycles. The van der Waals surface area contributed by atoms with Crippen molar-refractivity contribution in [1.29, 1.82) is 0 Å². The molecule has 0 aliphatic heterocycles. The average Bonchev–Trinajstić information content (AvgIpc) is 2.93. The molecule has 2 aromatic rings. The van der Waals surface area contributed by atoms with Crippen LogP contribution in [0.5, 0.6) is 5.88 Å². The van der Waals surface area contributed by atoms with Gasteiger partial charge in [0.05, 0.1) is 30.0 Å². The van der Waals surface area contributed by atoms with E-state index in [1.54, 1.807) is 7.11 Å². The van der Waals surface area contributed by atoms with Gasteiger partial charge in [-0.3, -0.25) is 10.1 Å². The molecule has 0 N–H and O–H groups in total. The molecule has 0 amide bonds. The molecule has 19 heavy (non-hydrogen) atoms. The molecule has 0 atom stereocenters. The molecule has 100 valence electrons. The van der Waals surface area contributed by atoms with Gasteiger partial charge < -0.3 is 9.47 Å². The van der Waals surface area contributed by atoms with Gasteiger partial charge >= 0.3 is 0 Å². The molecule has 0 aromatic carbocycles. The van der Waals surface area contributed by atoms with E-state index in [1.165, 1.54) is 23.3 Å². The number of hydrogen-bond acceptors (Lipinski definition) is 7. The monoisotopic (exact) mass is 265 g/mol. The van der Waals surface area contributed by atoms with Crippen LogP contribution in [-0.2, 0) is 4.74 Å². The van der Waals surface area contributed by atoms with E-state index in [0.717, 1.165) is 6.20 Å². The lowest BCUT2D eigenvalue weighted by atomic mass is 10.3. The zero-order valence-electron chi connectivity index (χ0n) is 10.1. The summed E-state index contributed by atoms with van der Waals surface area (Å²) in [4.78, 5) is 15.3. The van der Waals surface area contributed by atoms with Crippen molar-refractivity contribution in [2.24, 2.45) is 0 Å². The number of methoxy groups -OCH3 is 1. The van der Waals surface area contributed by atoms with Crippen molar-refractivity contribution in [1.82, 2.24) is 20.0 Å². The highest BCUT2D eigenvalue weighted by atomic mass is 16.6. The summed E-state index contributed by atoms with van der Waals surface area (Å²) in [5.41, 5.74) is 0.140. The Kier molecular flexibility index (Phi) is 3.98. The maximum Gasteiger partial charge on any atom is 0.290 e. The number of hydrogen-bond donors (Lipinski definition) is 0. The number of ether oxygens (including phenoxy) is 2. The molecule has 0 spiro atoms. The van der Waals surface area contributed by atoms with Crippen LogP contribution < -0.4 is 4.74 Å². The summed E-state index contributed by atoms with van der Waals surface area (Å²) in [6.45, 7) is 0.653. The van der Waals surface area contributed by atoms with Gasteiger partial charge in [-0.1, -0.05) is 0 Å². The Morgan fingerprint density at radius 3 is 2.74 bits per heavy atom. The number of nitro groups is 1. The van der Waals surface area contributed by atoms with Crippen molar-refractivity contribution < 1.29 is 14.4 Å². The minimum absolute atomic E-state index is 0.161. The zero-order valence-corrected chi connectivity index (χ0v) is 10.1. The standard InChI is InChI=1S/C10H11N5O4/c1-18-4-5-19-10-9(14-12-2-3-13-14)6-8(7-11-10)15(16)17/h2-3,6-7H,4-5H2,1H3. The van der Waals surface area contributed by atoms with E-state index < -0.39 is 4.92 Å². The number of aromatic nitrogens is 4. The van der Waals surface area contributed by atoms with Gasteiger partial charge in [-0.25, -0.2) is 4.98 Å². The number of rotatable bonds is 6. The first-order valence-corrected chi connectivity index (χ1v) is 5.35. The Morgan fingerprint density at radius 2 is 2.11 bits per heavy atom. The third kappa shape index (κ3) is 3.01. The molecule has 0 bridgehead atoms. The Labute approximate surface area is 107 Å². The largest absolute Gasteiger partial charge is 0.474 e. The van der Waals surface area contributed by atoms with E-state index in [4.69, 9.17) is 9.47 Å². The van der Waals surface area contributed by atoms with Crippen molar-refractivity contribution in [2.75, 3.05) is 20.3 Å². The van der Waals surface area contributed by atoms with Crippen molar-refractivity contribution in [3.63, 3.8) is 0 Å². The van der Waals surface area contributed by atoms with Crippen molar-refractivity contribution in [2.45, 2.75) is 0 Å². The highest BCUT2D eigenvalue weighted by Crippen LogP contribution is 2.23. The van der Waals surface area contributed by atoms with Crippen LogP contribution in [0.2, 0.25) is 0 Å². The zero-order chi connectivity index (χ0) is 13.7. The molecule has 9 heteroatoms. The van der Waals surface area contributed by atoms with Crippen LogP contribution in [0, 0.1) is 10.1 Å².